The fourth-order valence-corrected chi connectivity index (χ4v) is 1.81. The molecule has 13 heavy (non-hydrogen) atoms. The van der Waals surface area contributed by atoms with Crippen molar-refractivity contribution in [2.45, 2.75) is 40.2 Å². The van der Waals surface area contributed by atoms with Crippen LogP contribution >= 0.6 is 0 Å². The maximum absolute atomic E-state index is 11.6. The van der Waals surface area contributed by atoms with E-state index >= 15 is 0 Å². The third kappa shape index (κ3) is 2.31. The molecule has 2 atom stereocenters. The number of Topliss-reactive ketones (excluding diaryl/α,β-unsaturated/α-hetero) is 1. The van der Waals surface area contributed by atoms with Crippen molar-refractivity contribution in [3.8, 4) is 0 Å². The van der Waals surface area contributed by atoms with E-state index in [0.29, 0.717) is 11.7 Å². The van der Waals surface area contributed by atoms with E-state index < -0.39 is 0 Å². The number of carbonyl (C=O) groups excluding carboxylic acids is 1. The zero-order chi connectivity index (χ0) is 10.2. The number of rotatable bonds is 0. The lowest BCUT2D eigenvalue weighted by Crippen LogP contribution is -2.48. The minimum Gasteiger partial charge on any atom is -0.298 e. The van der Waals surface area contributed by atoms with E-state index in [0.717, 1.165) is 13.0 Å². The summed E-state index contributed by atoms with van der Waals surface area (Å²) in [7, 11) is 2.04. The molecule has 0 aromatic rings. The van der Waals surface area contributed by atoms with Crippen molar-refractivity contribution in [2.75, 3.05) is 13.6 Å². The Bertz CT molecular complexity index is 205. The van der Waals surface area contributed by atoms with Gasteiger partial charge in [-0.25, -0.2) is 0 Å². The first-order valence-corrected chi connectivity index (χ1v) is 5.05. The van der Waals surface area contributed by atoms with Gasteiger partial charge in [-0.2, -0.15) is 0 Å². The first-order chi connectivity index (χ1) is 5.82. The Morgan fingerprint density at radius 1 is 1.38 bits per heavy atom. The van der Waals surface area contributed by atoms with Gasteiger partial charge in [0.05, 0.1) is 6.04 Å². The number of likely N-dealkylation sites (N-methyl/N-ethyl adjacent to an activating group) is 1. The minimum absolute atomic E-state index is 0.124. The van der Waals surface area contributed by atoms with Crippen LogP contribution in [0.4, 0.5) is 0 Å². The fourth-order valence-electron chi connectivity index (χ4n) is 1.81. The van der Waals surface area contributed by atoms with E-state index in [1.807, 2.05) is 14.0 Å². The maximum Gasteiger partial charge on any atom is 0.150 e. The summed E-state index contributed by atoms with van der Waals surface area (Å²) in [4.78, 5) is 13.8. The van der Waals surface area contributed by atoms with Crippen molar-refractivity contribution in [3.05, 3.63) is 0 Å². The highest BCUT2D eigenvalue weighted by atomic mass is 16.1. The number of hydrogen-bond acceptors (Lipinski definition) is 2. The summed E-state index contributed by atoms with van der Waals surface area (Å²) in [5.74, 6) is 0.912. The summed E-state index contributed by atoms with van der Waals surface area (Å²) in [6.07, 6.45) is 0.759. The molecule has 2 nitrogen and oxygen atoms in total. The van der Waals surface area contributed by atoms with Gasteiger partial charge in [0, 0.05) is 13.0 Å². The van der Waals surface area contributed by atoms with Gasteiger partial charge in [0.2, 0.25) is 0 Å². The number of piperidine rings is 1. The topological polar surface area (TPSA) is 20.3 Å². The highest BCUT2D eigenvalue weighted by molar-refractivity contribution is 5.84. The highest BCUT2D eigenvalue weighted by Crippen LogP contribution is 2.33. The molecule has 0 saturated carbocycles. The number of ketones is 1. The van der Waals surface area contributed by atoms with E-state index in [4.69, 9.17) is 0 Å². The second-order valence-electron chi connectivity index (χ2n) is 5.35. The van der Waals surface area contributed by atoms with E-state index in [1.165, 1.54) is 0 Å². The first-order valence-electron chi connectivity index (χ1n) is 5.05. The Balaban J connectivity index is 2.69. The average Bonchev–Trinajstić information content (AvgIpc) is 1.97. The Labute approximate surface area is 81.3 Å². The van der Waals surface area contributed by atoms with Crippen molar-refractivity contribution in [1.82, 2.24) is 4.90 Å². The second-order valence-corrected chi connectivity index (χ2v) is 5.35. The molecular weight excluding hydrogens is 162 g/mol. The standard InChI is InChI=1S/C11H21NO/c1-8-10(13)6-9(7-12(8)5)11(2,3)4/h8-9H,6-7H2,1-5H3/t8-,9+/m1/s1. The molecule has 0 spiro atoms. The molecule has 0 bridgehead atoms. The predicted octanol–water partition coefficient (Wildman–Crippen LogP) is 1.94. The van der Waals surface area contributed by atoms with Crippen LogP contribution in [0.1, 0.15) is 34.1 Å². The minimum atomic E-state index is 0.124. The molecule has 1 heterocycles. The highest BCUT2D eigenvalue weighted by Gasteiger charge is 2.35. The van der Waals surface area contributed by atoms with Crippen LogP contribution in [0.2, 0.25) is 0 Å². The molecular formula is C11H21NO. The normalized spacial score (nSPS) is 32.2. The van der Waals surface area contributed by atoms with Gasteiger partial charge < -0.3 is 0 Å². The molecule has 0 N–H and O–H groups in total. The smallest absolute Gasteiger partial charge is 0.150 e. The number of likely N-dealkylation sites (tertiary alicyclic amines) is 1. The molecule has 0 amide bonds. The summed E-state index contributed by atoms with van der Waals surface area (Å²) in [5, 5.41) is 0. The summed E-state index contributed by atoms with van der Waals surface area (Å²) in [6, 6.07) is 0.124. The summed E-state index contributed by atoms with van der Waals surface area (Å²) in [6.45, 7) is 9.70. The van der Waals surface area contributed by atoms with Crippen LogP contribution in [0.5, 0.6) is 0 Å². The molecule has 1 saturated heterocycles. The molecule has 2 heteroatoms. The summed E-state index contributed by atoms with van der Waals surface area (Å²) < 4.78 is 0. The molecule has 0 aromatic carbocycles. The van der Waals surface area contributed by atoms with E-state index in [-0.39, 0.29) is 11.5 Å². The number of nitrogens with zero attached hydrogens (tertiary/aromatic N) is 1. The van der Waals surface area contributed by atoms with Crippen LogP contribution in [-0.4, -0.2) is 30.3 Å². The molecule has 1 fully saturated rings. The van der Waals surface area contributed by atoms with Crippen LogP contribution in [0, 0.1) is 11.3 Å². The van der Waals surface area contributed by atoms with Crippen LogP contribution in [0.15, 0.2) is 0 Å². The van der Waals surface area contributed by atoms with Gasteiger partial charge in [-0.05, 0) is 25.3 Å². The van der Waals surface area contributed by atoms with Gasteiger partial charge in [0.25, 0.3) is 0 Å². The van der Waals surface area contributed by atoms with E-state index in [9.17, 15) is 4.79 Å². The van der Waals surface area contributed by atoms with Gasteiger partial charge >= 0.3 is 0 Å². The molecule has 0 unspecified atom stereocenters. The molecule has 0 aromatic heterocycles. The zero-order valence-corrected chi connectivity index (χ0v) is 9.42. The van der Waals surface area contributed by atoms with Gasteiger partial charge in [0.1, 0.15) is 5.78 Å². The molecule has 1 rings (SSSR count). The van der Waals surface area contributed by atoms with Gasteiger partial charge in [-0.15, -0.1) is 0 Å². The Morgan fingerprint density at radius 2 is 1.92 bits per heavy atom. The Hall–Kier alpha value is -0.370. The molecule has 1 aliphatic heterocycles. The second kappa shape index (κ2) is 3.41. The number of carbonyl (C=O) groups is 1. The third-order valence-corrected chi connectivity index (χ3v) is 3.31. The predicted molar refractivity (Wildman–Crippen MR) is 54.7 cm³/mol. The van der Waals surface area contributed by atoms with Gasteiger partial charge in [0.15, 0.2) is 0 Å². The molecule has 1 aliphatic rings. The average molecular weight is 183 g/mol. The van der Waals surface area contributed by atoms with Crippen LogP contribution < -0.4 is 0 Å². The van der Waals surface area contributed by atoms with E-state index in [2.05, 4.69) is 25.7 Å². The van der Waals surface area contributed by atoms with Crippen LogP contribution in [-0.2, 0) is 4.79 Å². The lowest BCUT2D eigenvalue weighted by molar-refractivity contribution is -0.129. The molecule has 0 aliphatic carbocycles. The van der Waals surface area contributed by atoms with E-state index in [1.54, 1.807) is 0 Å². The third-order valence-electron chi connectivity index (χ3n) is 3.31. The van der Waals surface area contributed by atoms with Crippen LogP contribution in [0.25, 0.3) is 0 Å². The largest absolute Gasteiger partial charge is 0.298 e. The van der Waals surface area contributed by atoms with Crippen molar-refractivity contribution < 1.29 is 4.79 Å². The first kappa shape index (κ1) is 10.7. The summed E-state index contributed by atoms with van der Waals surface area (Å²) in [5.41, 5.74) is 0.254. The quantitative estimate of drug-likeness (QED) is 0.572. The SMILES string of the molecule is C[C@@H]1C(=O)C[C@H](C(C)(C)C)CN1C. The number of hydrogen-bond donors (Lipinski definition) is 0. The Morgan fingerprint density at radius 3 is 2.31 bits per heavy atom. The Kier molecular flexibility index (Phi) is 2.81. The van der Waals surface area contributed by atoms with Crippen molar-refractivity contribution in [2.24, 2.45) is 11.3 Å². The van der Waals surface area contributed by atoms with Crippen LogP contribution in [0.3, 0.4) is 0 Å². The molecule has 0 radical (unpaired) electrons. The van der Waals surface area contributed by atoms with Crippen molar-refractivity contribution in [3.63, 3.8) is 0 Å². The van der Waals surface area contributed by atoms with Gasteiger partial charge in [-0.1, -0.05) is 20.8 Å². The summed E-state index contributed by atoms with van der Waals surface area (Å²) >= 11 is 0. The maximum atomic E-state index is 11.6. The molecule has 76 valence electrons. The lowest BCUT2D eigenvalue weighted by atomic mass is 9.75. The fraction of sp³-hybridized carbons (Fsp3) is 0.909. The van der Waals surface area contributed by atoms with Crippen molar-refractivity contribution in [1.29, 1.82) is 0 Å². The monoisotopic (exact) mass is 183 g/mol. The zero-order valence-electron chi connectivity index (χ0n) is 9.42. The van der Waals surface area contributed by atoms with Gasteiger partial charge in [-0.3, -0.25) is 9.69 Å². The lowest BCUT2D eigenvalue weighted by Gasteiger charge is -2.40. The van der Waals surface area contributed by atoms with Crippen molar-refractivity contribution >= 4 is 5.78 Å².